The Bertz CT molecular complexity index is 197. The first-order valence-corrected chi connectivity index (χ1v) is 6.68. The minimum absolute atomic E-state index is 0.889. The second kappa shape index (κ2) is 3.84. The third kappa shape index (κ3) is 1.71. The van der Waals surface area contributed by atoms with Gasteiger partial charge in [-0.2, -0.15) is 0 Å². The maximum absolute atomic E-state index is 3.87. The zero-order valence-electron chi connectivity index (χ0n) is 9.17. The van der Waals surface area contributed by atoms with Crippen LogP contribution in [0.4, 0.5) is 0 Å². The molecule has 0 saturated heterocycles. The van der Waals surface area contributed by atoms with Gasteiger partial charge < -0.3 is 5.32 Å². The summed E-state index contributed by atoms with van der Waals surface area (Å²) in [4.78, 5) is 0. The lowest BCUT2D eigenvalue weighted by Crippen LogP contribution is -2.45. The minimum atomic E-state index is 0.889. The molecule has 3 aliphatic rings. The van der Waals surface area contributed by atoms with Gasteiger partial charge in [0.15, 0.2) is 0 Å². The molecule has 1 heteroatoms. The highest BCUT2D eigenvalue weighted by Crippen LogP contribution is 2.42. The van der Waals surface area contributed by atoms with Crippen LogP contribution in [0, 0.1) is 11.8 Å². The lowest BCUT2D eigenvalue weighted by atomic mass is 9.78. The van der Waals surface area contributed by atoms with Gasteiger partial charge in [-0.3, -0.25) is 0 Å². The van der Waals surface area contributed by atoms with E-state index in [0.717, 1.165) is 23.9 Å². The van der Waals surface area contributed by atoms with Crippen LogP contribution >= 0.6 is 0 Å². The summed E-state index contributed by atoms with van der Waals surface area (Å²) in [6, 6.07) is 1.79. The molecule has 0 aliphatic heterocycles. The van der Waals surface area contributed by atoms with E-state index in [1.54, 1.807) is 6.42 Å². The van der Waals surface area contributed by atoms with E-state index in [2.05, 4.69) is 5.32 Å². The molecule has 14 heavy (non-hydrogen) atoms. The summed E-state index contributed by atoms with van der Waals surface area (Å²) in [6.45, 7) is 0. The Balaban J connectivity index is 1.51. The van der Waals surface area contributed by atoms with Crippen molar-refractivity contribution in [3.63, 3.8) is 0 Å². The molecule has 80 valence electrons. The molecule has 0 radical (unpaired) electrons. The van der Waals surface area contributed by atoms with Crippen molar-refractivity contribution >= 4 is 0 Å². The molecule has 0 aromatic rings. The van der Waals surface area contributed by atoms with Gasteiger partial charge in [0.2, 0.25) is 0 Å². The predicted octanol–water partition coefficient (Wildman–Crippen LogP) is 3.10. The molecule has 3 aliphatic carbocycles. The highest BCUT2D eigenvalue weighted by Gasteiger charge is 2.34. The van der Waals surface area contributed by atoms with Gasteiger partial charge in [-0.25, -0.2) is 0 Å². The van der Waals surface area contributed by atoms with Crippen LogP contribution in [0.2, 0.25) is 0 Å². The molecule has 0 spiro atoms. The van der Waals surface area contributed by atoms with Crippen LogP contribution in [0.5, 0.6) is 0 Å². The maximum Gasteiger partial charge on any atom is 0.00724 e. The molecule has 3 atom stereocenters. The van der Waals surface area contributed by atoms with Crippen molar-refractivity contribution in [2.75, 3.05) is 0 Å². The average Bonchev–Trinajstić information content (AvgIpc) is 2.58. The molecule has 3 rings (SSSR count). The summed E-state index contributed by atoms with van der Waals surface area (Å²) in [7, 11) is 0. The topological polar surface area (TPSA) is 12.0 Å². The summed E-state index contributed by atoms with van der Waals surface area (Å²) in [5.74, 6) is 2.22. The molecule has 1 nitrogen and oxygen atoms in total. The average molecular weight is 193 g/mol. The molecule has 0 aromatic heterocycles. The van der Waals surface area contributed by atoms with Gasteiger partial charge in [-0.15, -0.1) is 0 Å². The standard InChI is InChI=1S/C13H23N/c1-3-10-7-8-13(9-11(10)4-1)14-12-5-2-6-12/h10-14H,1-9H2. The highest BCUT2D eigenvalue weighted by atomic mass is 15.0. The number of hydrogen-bond acceptors (Lipinski definition) is 1. The molecule has 3 unspecified atom stereocenters. The second-order valence-electron chi connectivity index (χ2n) is 5.76. The van der Waals surface area contributed by atoms with Crippen molar-refractivity contribution in [3.05, 3.63) is 0 Å². The smallest absolute Gasteiger partial charge is 0.00724 e. The van der Waals surface area contributed by atoms with Gasteiger partial charge >= 0.3 is 0 Å². The largest absolute Gasteiger partial charge is 0.311 e. The van der Waals surface area contributed by atoms with Gasteiger partial charge in [0, 0.05) is 12.1 Å². The van der Waals surface area contributed by atoms with Gasteiger partial charge in [0.1, 0.15) is 0 Å². The quantitative estimate of drug-likeness (QED) is 0.710. The number of fused-ring (bicyclic) bond motifs is 1. The Labute approximate surface area is 87.7 Å². The number of hydrogen-bond donors (Lipinski definition) is 1. The van der Waals surface area contributed by atoms with E-state index in [-0.39, 0.29) is 0 Å². The lowest BCUT2D eigenvalue weighted by Gasteiger charge is -2.37. The molecule has 3 saturated carbocycles. The SMILES string of the molecule is C1CC(NC2CCC3CCCC3C2)C1. The molecule has 3 fully saturated rings. The van der Waals surface area contributed by atoms with E-state index in [0.29, 0.717) is 0 Å². The van der Waals surface area contributed by atoms with Crippen LogP contribution in [0.25, 0.3) is 0 Å². The minimum Gasteiger partial charge on any atom is -0.311 e. The summed E-state index contributed by atoms with van der Waals surface area (Å²) in [5, 5.41) is 3.87. The van der Waals surface area contributed by atoms with Crippen LogP contribution in [0.3, 0.4) is 0 Å². The molecule has 1 N–H and O–H groups in total. The molecule has 0 heterocycles. The van der Waals surface area contributed by atoms with Crippen LogP contribution in [0.1, 0.15) is 57.8 Å². The molecule has 0 aromatic carbocycles. The number of rotatable bonds is 2. The van der Waals surface area contributed by atoms with E-state index in [4.69, 9.17) is 0 Å². The number of nitrogens with one attached hydrogen (secondary N) is 1. The Kier molecular flexibility index (Phi) is 2.53. The molecule has 0 amide bonds. The Morgan fingerprint density at radius 3 is 2.21 bits per heavy atom. The summed E-state index contributed by atoms with van der Waals surface area (Å²) >= 11 is 0. The van der Waals surface area contributed by atoms with Gasteiger partial charge in [-0.1, -0.05) is 25.7 Å². The fourth-order valence-electron chi connectivity index (χ4n) is 3.76. The van der Waals surface area contributed by atoms with Crippen molar-refractivity contribution < 1.29 is 0 Å². The lowest BCUT2D eigenvalue weighted by molar-refractivity contribution is 0.193. The van der Waals surface area contributed by atoms with E-state index < -0.39 is 0 Å². The first-order chi connectivity index (χ1) is 6.92. The maximum atomic E-state index is 3.87. The van der Waals surface area contributed by atoms with Crippen LogP contribution in [-0.2, 0) is 0 Å². The summed E-state index contributed by atoms with van der Waals surface area (Å²) in [5.41, 5.74) is 0. The third-order valence-electron chi connectivity index (χ3n) is 4.87. The molecule has 0 bridgehead atoms. The fourth-order valence-corrected chi connectivity index (χ4v) is 3.76. The first-order valence-electron chi connectivity index (χ1n) is 6.68. The van der Waals surface area contributed by atoms with Gasteiger partial charge in [0.25, 0.3) is 0 Å². The van der Waals surface area contributed by atoms with Crippen molar-refractivity contribution in [1.82, 2.24) is 5.32 Å². The van der Waals surface area contributed by atoms with Crippen LogP contribution < -0.4 is 5.32 Å². The Morgan fingerprint density at radius 2 is 1.43 bits per heavy atom. The normalized spacial score (nSPS) is 43.3. The van der Waals surface area contributed by atoms with E-state index in [9.17, 15) is 0 Å². The Morgan fingerprint density at radius 1 is 0.643 bits per heavy atom. The van der Waals surface area contributed by atoms with Crippen LogP contribution in [0.15, 0.2) is 0 Å². The van der Waals surface area contributed by atoms with Crippen molar-refractivity contribution in [2.45, 2.75) is 69.9 Å². The summed E-state index contributed by atoms with van der Waals surface area (Å²) in [6.07, 6.45) is 13.5. The van der Waals surface area contributed by atoms with Crippen molar-refractivity contribution in [1.29, 1.82) is 0 Å². The second-order valence-corrected chi connectivity index (χ2v) is 5.76. The zero-order valence-corrected chi connectivity index (χ0v) is 9.17. The van der Waals surface area contributed by atoms with Gasteiger partial charge in [-0.05, 0) is 43.9 Å². The predicted molar refractivity (Wildman–Crippen MR) is 59.2 cm³/mol. The summed E-state index contributed by atoms with van der Waals surface area (Å²) < 4.78 is 0. The first kappa shape index (κ1) is 9.21. The van der Waals surface area contributed by atoms with E-state index >= 15 is 0 Å². The zero-order chi connectivity index (χ0) is 9.38. The highest BCUT2D eigenvalue weighted by molar-refractivity contribution is 4.90. The van der Waals surface area contributed by atoms with Gasteiger partial charge in [0.05, 0.1) is 0 Å². The van der Waals surface area contributed by atoms with E-state index in [1.165, 1.54) is 51.4 Å². The van der Waals surface area contributed by atoms with Crippen molar-refractivity contribution in [2.24, 2.45) is 11.8 Å². The fraction of sp³-hybridized carbons (Fsp3) is 1.00. The third-order valence-corrected chi connectivity index (χ3v) is 4.87. The molecular formula is C13H23N. The van der Waals surface area contributed by atoms with E-state index in [1.807, 2.05) is 0 Å². The van der Waals surface area contributed by atoms with Crippen molar-refractivity contribution in [3.8, 4) is 0 Å². The Hall–Kier alpha value is -0.0400. The monoisotopic (exact) mass is 193 g/mol. The molecular weight excluding hydrogens is 170 g/mol. The van der Waals surface area contributed by atoms with Crippen LogP contribution in [-0.4, -0.2) is 12.1 Å².